The van der Waals surface area contributed by atoms with Gasteiger partial charge in [-0.1, -0.05) is 34.6 Å². The minimum atomic E-state index is 0.450. The van der Waals surface area contributed by atoms with Crippen molar-refractivity contribution in [1.82, 2.24) is 10.2 Å². The van der Waals surface area contributed by atoms with Gasteiger partial charge >= 0.3 is 0 Å². The monoisotopic (exact) mass is 268 g/mol. The van der Waals surface area contributed by atoms with E-state index >= 15 is 0 Å². The second-order valence-electron chi connectivity index (χ2n) is 7.47. The zero-order chi connectivity index (χ0) is 14.6. The molecular weight excluding hydrogens is 232 g/mol. The lowest BCUT2D eigenvalue weighted by Gasteiger charge is -2.47. The van der Waals surface area contributed by atoms with Crippen molar-refractivity contribution in [2.45, 2.75) is 84.8 Å². The molecule has 2 nitrogen and oxygen atoms in total. The van der Waals surface area contributed by atoms with Crippen molar-refractivity contribution in [3.05, 3.63) is 0 Å². The third-order valence-electron chi connectivity index (χ3n) is 5.45. The van der Waals surface area contributed by atoms with Crippen LogP contribution < -0.4 is 5.32 Å². The summed E-state index contributed by atoms with van der Waals surface area (Å²) < 4.78 is 0. The predicted octanol–water partition coefficient (Wildman–Crippen LogP) is 3.91. The normalized spacial score (nSPS) is 29.2. The molecule has 1 saturated carbocycles. The standard InChI is InChI=1S/C17H36N2/c1-8-14(9-2)19(7)16-12-13(17(3,4)5)10-11-15(16)18-6/h13-16,18H,8-12H2,1-7H3. The van der Waals surface area contributed by atoms with Gasteiger partial charge < -0.3 is 5.32 Å². The largest absolute Gasteiger partial charge is 0.315 e. The fourth-order valence-corrected chi connectivity index (χ4v) is 3.86. The van der Waals surface area contributed by atoms with Gasteiger partial charge in [-0.2, -0.15) is 0 Å². The summed E-state index contributed by atoms with van der Waals surface area (Å²) in [5.74, 6) is 0.860. The van der Waals surface area contributed by atoms with Gasteiger partial charge in [0.1, 0.15) is 0 Å². The predicted molar refractivity (Wildman–Crippen MR) is 85.6 cm³/mol. The number of nitrogens with one attached hydrogen (secondary N) is 1. The Kier molecular flexibility index (Phi) is 6.32. The smallest absolute Gasteiger partial charge is 0.0251 e. The van der Waals surface area contributed by atoms with E-state index in [0.717, 1.165) is 12.0 Å². The van der Waals surface area contributed by atoms with Gasteiger partial charge in [0.05, 0.1) is 0 Å². The molecule has 0 aliphatic heterocycles. The lowest BCUT2D eigenvalue weighted by Crippen LogP contribution is -2.55. The molecule has 19 heavy (non-hydrogen) atoms. The molecule has 1 N–H and O–H groups in total. The Hall–Kier alpha value is -0.0800. The molecule has 1 rings (SSSR count). The summed E-state index contributed by atoms with van der Waals surface area (Å²) in [5.41, 5.74) is 0.450. The summed E-state index contributed by atoms with van der Waals surface area (Å²) in [7, 11) is 4.48. The average Bonchev–Trinajstić information content (AvgIpc) is 2.38. The van der Waals surface area contributed by atoms with E-state index in [4.69, 9.17) is 0 Å². The molecule has 0 spiro atoms. The Morgan fingerprint density at radius 1 is 1.16 bits per heavy atom. The molecule has 0 saturated heterocycles. The first-order chi connectivity index (χ1) is 8.85. The van der Waals surface area contributed by atoms with Crippen molar-refractivity contribution in [2.24, 2.45) is 11.3 Å². The zero-order valence-corrected chi connectivity index (χ0v) is 14.3. The highest BCUT2D eigenvalue weighted by atomic mass is 15.2. The van der Waals surface area contributed by atoms with Crippen LogP contribution in [0, 0.1) is 11.3 Å². The maximum Gasteiger partial charge on any atom is 0.0251 e. The fraction of sp³-hybridized carbons (Fsp3) is 1.00. The molecule has 0 amide bonds. The Bertz CT molecular complexity index is 252. The van der Waals surface area contributed by atoms with Gasteiger partial charge in [0, 0.05) is 18.1 Å². The van der Waals surface area contributed by atoms with Crippen molar-refractivity contribution < 1.29 is 0 Å². The van der Waals surface area contributed by atoms with Crippen LogP contribution in [-0.2, 0) is 0 Å². The van der Waals surface area contributed by atoms with Gasteiger partial charge in [-0.3, -0.25) is 4.90 Å². The summed E-state index contributed by atoms with van der Waals surface area (Å²) in [6.07, 6.45) is 6.58. The lowest BCUT2D eigenvalue weighted by molar-refractivity contribution is 0.0493. The van der Waals surface area contributed by atoms with Crippen molar-refractivity contribution in [2.75, 3.05) is 14.1 Å². The van der Waals surface area contributed by atoms with Crippen LogP contribution in [0.4, 0.5) is 0 Å². The summed E-state index contributed by atoms with van der Waals surface area (Å²) in [6.45, 7) is 11.9. The maximum absolute atomic E-state index is 3.57. The Morgan fingerprint density at radius 2 is 1.74 bits per heavy atom. The molecule has 1 aliphatic rings. The third-order valence-corrected chi connectivity index (χ3v) is 5.45. The SMILES string of the molecule is CCC(CC)N(C)C1CC(C(C)(C)C)CCC1NC. The third kappa shape index (κ3) is 4.19. The first kappa shape index (κ1) is 17.0. The summed E-state index contributed by atoms with van der Waals surface area (Å²) in [5, 5.41) is 3.57. The molecule has 0 aromatic carbocycles. The first-order valence-electron chi connectivity index (χ1n) is 8.24. The van der Waals surface area contributed by atoms with Gasteiger partial charge in [0.15, 0.2) is 0 Å². The van der Waals surface area contributed by atoms with E-state index in [0.29, 0.717) is 17.5 Å². The first-order valence-corrected chi connectivity index (χ1v) is 8.24. The van der Waals surface area contributed by atoms with E-state index in [-0.39, 0.29) is 0 Å². The highest BCUT2D eigenvalue weighted by Crippen LogP contribution is 2.39. The van der Waals surface area contributed by atoms with E-state index in [1.807, 2.05) is 0 Å². The fourth-order valence-electron chi connectivity index (χ4n) is 3.86. The molecule has 3 atom stereocenters. The summed E-state index contributed by atoms with van der Waals surface area (Å²) in [6, 6.07) is 2.11. The molecule has 0 aromatic rings. The molecule has 0 bridgehead atoms. The van der Waals surface area contributed by atoms with Crippen molar-refractivity contribution in [1.29, 1.82) is 0 Å². The molecule has 0 aromatic heterocycles. The number of hydrogen-bond donors (Lipinski definition) is 1. The minimum absolute atomic E-state index is 0.450. The van der Waals surface area contributed by atoms with Gasteiger partial charge in [-0.25, -0.2) is 0 Å². The van der Waals surface area contributed by atoms with E-state index < -0.39 is 0 Å². The second-order valence-corrected chi connectivity index (χ2v) is 7.47. The quantitative estimate of drug-likeness (QED) is 0.813. The average molecular weight is 268 g/mol. The summed E-state index contributed by atoms with van der Waals surface area (Å²) in [4.78, 5) is 2.67. The highest BCUT2D eigenvalue weighted by molar-refractivity contribution is 4.94. The Morgan fingerprint density at radius 3 is 2.16 bits per heavy atom. The molecule has 1 aliphatic carbocycles. The van der Waals surface area contributed by atoms with E-state index in [1.165, 1.54) is 32.1 Å². The van der Waals surface area contributed by atoms with Crippen molar-refractivity contribution in [3.63, 3.8) is 0 Å². The number of hydrogen-bond acceptors (Lipinski definition) is 2. The number of nitrogens with zero attached hydrogens (tertiary/aromatic N) is 1. The van der Waals surface area contributed by atoms with Crippen LogP contribution in [0.2, 0.25) is 0 Å². The van der Waals surface area contributed by atoms with Crippen LogP contribution in [0.1, 0.15) is 66.7 Å². The molecule has 114 valence electrons. The van der Waals surface area contributed by atoms with Crippen LogP contribution in [0.3, 0.4) is 0 Å². The van der Waals surface area contributed by atoms with E-state index in [9.17, 15) is 0 Å². The van der Waals surface area contributed by atoms with Gasteiger partial charge in [0.25, 0.3) is 0 Å². The number of likely N-dealkylation sites (N-methyl/N-ethyl adjacent to an activating group) is 2. The summed E-state index contributed by atoms with van der Waals surface area (Å²) >= 11 is 0. The van der Waals surface area contributed by atoms with Crippen LogP contribution in [0.15, 0.2) is 0 Å². The molecule has 3 unspecified atom stereocenters. The topological polar surface area (TPSA) is 15.3 Å². The molecule has 1 fully saturated rings. The molecule has 0 radical (unpaired) electrons. The van der Waals surface area contributed by atoms with Gasteiger partial charge in [-0.05, 0) is 57.5 Å². The maximum atomic E-state index is 3.57. The van der Waals surface area contributed by atoms with Crippen LogP contribution in [0.25, 0.3) is 0 Å². The number of rotatable bonds is 5. The van der Waals surface area contributed by atoms with Gasteiger partial charge in [-0.15, -0.1) is 0 Å². The molecule has 2 heteroatoms. The van der Waals surface area contributed by atoms with E-state index in [2.05, 4.69) is 58.9 Å². The second kappa shape index (κ2) is 7.08. The zero-order valence-electron chi connectivity index (χ0n) is 14.3. The minimum Gasteiger partial charge on any atom is -0.315 e. The van der Waals surface area contributed by atoms with E-state index in [1.54, 1.807) is 0 Å². The highest BCUT2D eigenvalue weighted by Gasteiger charge is 2.38. The van der Waals surface area contributed by atoms with Gasteiger partial charge in [0.2, 0.25) is 0 Å². The Labute approximate surface area is 121 Å². The molecule has 0 heterocycles. The van der Waals surface area contributed by atoms with Crippen molar-refractivity contribution in [3.8, 4) is 0 Å². The van der Waals surface area contributed by atoms with Crippen LogP contribution >= 0.6 is 0 Å². The van der Waals surface area contributed by atoms with Crippen molar-refractivity contribution >= 4 is 0 Å². The van der Waals surface area contributed by atoms with Crippen LogP contribution in [-0.4, -0.2) is 37.1 Å². The Balaban J connectivity index is 2.80. The lowest BCUT2D eigenvalue weighted by atomic mass is 9.69. The van der Waals surface area contributed by atoms with Crippen LogP contribution in [0.5, 0.6) is 0 Å². The molecular formula is C17H36N2.